The first-order chi connectivity index (χ1) is 10.6. The van der Waals surface area contributed by atoms with Gasteiger partial charge in [-0.3, -0.25) is 0 Å². The average molecular weight is 323 g/mol. The number of carbonyl (C=O) groups excluding carboxylic acids is 1. The van der Waals surface area contributed by atoms with E-state index in [1.165, 1.54) is 17.0 Å². The van der Waals surface area contributed by atoms with Crippen LogP contribution in [0.3, 0.4) is 0 Å². The van der Waals surface area contributed by atoms with Gasteiger partial charge in [0.15, 0.2) is 0 Å². The minimum absolute atomic E-state index is 0.0333. The maximum absolute atomic E-state index is 12.4. The number of hydrogen-bond donors (Lipinski definition) is 1. The predicted molar refractivity (Wildman–Crippen MR) is 87.5 cm³/mol. The summed E-state index contributed by atoms with van der Waals surface area (Å²) in [5.74, 6) is 0.388. The van der Waals surface area contributed by atoms with Crippen LogP contribution in [0.4, 0.5) is 4.79 Å². The molecule has 0 unspecified atom stereocenters. The largest absolute Gasteiger partial charge is 0.381 e. The number of urea groups is 1. The molecule has 1 aliphatic carbocycles. The van der Waals surface area contributed by atoms with Crippen LogP contribution in [0.2, 0.25) is 0 Å². The maximum atomic E-state index is 12.4. The zero-order valence-corrected chi connectivity index (χ0v) is 14.2. The number of ether oxygens (including phenoxy) is 1. The van der Waals surface area contributed by atoms with Gasteiger partial charge in [0.1, 0.15) is 0 Å². The molecule has 0 saturated carbocycles. The monoisotopic (exact) mass is 323 g/mol. The summed E-state index contributed by atoms with van der Waals surface area (Å²) in [7, 11) is 1.89. The summed E-state index contributed by atoms with van der Waals surface area (Å²) in [6, 6.07) is 0.290. The van der Waals surface area contributed by atoms with Gasteiger partial charge in [0.05, 0.1) is 10.7 Å². The molecule has 3 rings (SSSR count). The Kier molecular flexibility index (Phi) is 4.98. The van der Waals surface area contributed by atoms with E-state index in [-0.39, 0.29) is 12.1 Å². The van der Waals surface area contributed by atoms with Gasteiger partial charge in [0.2, 0.25) is 0 Å². The first-order valence-electron chi connectivity index (χ1n) is 8.19. The number of rotatable bonds is 3. The van der Waals surface area contributed by atoms with Gasteiger partial charge in [-0.05, 0) is 39.0 Å². The van der Waals surface area contributed by atoms with E-state index in [4.69, 9.17) is 9.72 Å². The van der Waals surface area contributed by atoms with E-state index >= 15 is 0 Å². The van der Waals surface area contributed by atoms with Crippen LogP contribution in [0.5, 0.6) is 0 Å². The predicted octanol–water partition coefficient (Wildman–Crippen LogP) is 2.69. The van der Waals surface area contributed by atoms with Gasteiger partial charge in [-0.2, -0.15) is 0 Å². The fourth-order valence-electron chi connectivity index (χ4n) is 3.35. The Labute approximate surface area is 136 Å². The standard InChI is InChI=1S/C16H25N3O2S/c1-11-17-15-12(4-3-5-14(15)22-11)10-19(2)16(20)18-13-6-8-21-9-7-13/h12-13H,3-10H2,1-2H3,(H,18,20)/t12-/m1/s1. The lowest BCUT2D eigenvalue weighted by Gasteiger charge is -2.29. The van der Waals surface area contributed by atoms with Crippen LogP contribution < -0.4 is 5.32 Å². The Bertz CT molecular complexity index is 525. The smallest absolute Gasteiger partial charge is 0.317 e. The highest BCUT2D eigenvalue weighted by molar-refractivity contribution is 7.11. The molecular formula is C16H25N3O2S. The summed E-state index contributed by atoms with van der Waals surface area (Å²) in [5, 5.41) is 4.27. The third-order valence-corrected chi connectivity index (χ3v) is 5.61. The normalized spacial score (nSPS) is 22.2. The Morgan fingerprint density at radius 2 is 2.18 bits per heavy atom. The van der Waals surface area contributed by atoms with Gasteiger partial charge in [0, 0.05) is 43.6 Å². The number of amides is 2. The molecule has 122 valence electrons. The SMILES string of the molecule is Cc1nc2c(s1)CCC[C@@H]2CN(C)C(=O)NC1CCOCC1. The van der Waals surface area contributed by atoms with Crippen molar-refractivity contribution >= 4 is 17.4 Å². The van der Waals surface area contributed by atoms with Gasteiger partial charge in [0.25, 0.3) is 0 Å². The van der Waals surface area contributed by atoms with Crippen LogP contribution in [0.25, 0.3) is 0 Å². The van der Waals surface area contributed by atoms with Crippen molar-refractivity contribution in [3.63, 3.8) is 0 Å². The number of fused-ring (bicyclic) bond motifs is 1. The first-order valence-corrected chi connectivity index (χ1v) is 9.00. The quantitative estimate of drug-likeness (QED) is 0.930. The van der Waals surface area contributed by atoms with Gasteiger partial charge in [-0.1, -0.05) is 0 Å². The third-order valence-electron chi connectivity index (χ3n) is 4.57. The molecule has 22 heavy (non-hydrogen) atoms. The third kappa shape index (κ3) is 3.60. The maximum Gasteiger partial charge on any atom is 0.317 e. The van der Waals surface area contributed by atoms with Crippen molar-refractivity contribution in [1.29, 1.82) is 0 Å². The number of nitrogens with one attached hydrogen (secondary N) is 1. The van der Waals surface area contributed by atoms with E-state index in [2.05, 4.69) is 12.2 Å². The van der Waals surface area contributed by atoms with Crippen LogP contribution in [-0.4, -0.2) is 48.8 Å². The van der Waals surface area contributed by atoms with Crippen LogP contribution in [0.1, 0.15) is 47.2 Å². The molecule has 2 aliphatic rings. The summed E-state index contributed by atoms with van der Waals surface area (Å²) >= 11 is 1.81. The van der Waals surface area contributed by atoms with Crippen LogP contribution in [0, 0.1) is 6.92 Å². The second kappa shape index (κ2) is 6.96. The second-order valence-electron chi connectivity index (χ2n) is 6.35. The zero-order valence-electron chi connectivity index (χ0n) is 13.4. The van der Waals surface area contributed by atoms with Crippen LogP contribution in [-0.2, 0) is 11.2 Å². The molecule has 1 atom stereocenters. The van der Waals surface area contributed by atoms with Crippen LogP contribution in [0.15, 0.2) is 0 Å². The van der Waals surface area contributed by atoms with Crippen LogP contribution >= 0.6 is 11.3 Å². The summed E-state index contributed by atoms with van der Waals surface area (Å²) < 4.78 is 5.33. The molecule has 1 saturated heterocycles. The second-order valence-corrected chi connectivity index (χ2v) is 7.63. The summed E-state index contributed by atoms with van der Waals surface area (Å²) in [6.45, 7) is 4.32. The Morgan fingerprint density at radius 3 is 2.95 bits per heavy atom. The van der Waals surface area contributed by atoms with Gasteiger partial charge >= 0.3 is 6.03 Å². The van der Waals surface area contributed by atoms with Gasteiger partial charge < -0.3 is 15.0 Å². The van der Waals surface area contributed by atoms with Crippen molar-refractivity contribution in [2.24, 2.45) is 0 Å². The van der Waals surface area contributed by atoms with Gasteiger partial charge in [-0.15, -0.1) is 11.3 Å². The number of aromatic nitrogens is 1. The molecule has 2 heterocycles. The van der Waals surface area contributed by atoms with E-state index in [0.717, 1.165) is 50.4 Å². The Hall–Kier alpha value is -1.14. The molecule has 6 heteroatoms. The molecule has 1 N–H and O–H groups in total. The molecule has 0 bridgehead atoms. The lowest BCUT2D eigenvalue weighted by atomic mass is 9.90. The number of likely N-dealkylation sites (N-methyl/N-ethyl adjacent to an activating group) is 1. The van der Waals surface area contributed by atoms with E-state index in [9.17, 15) is 4.79 Å². The van der Waals surface area contributed by atoms with E-state index in [0.29, 0.717) is 5.92 Å². The number of aryl methyl sites for hydroxylation is 2. The van der Waals surface area contributed by atoms with Crippen molar-refractivity contribution in [1.82, 2.24) is 15.2 Å². The number of thiazole rings is 1. The number of carbonyl (C=O) groups is 1. The van der Waals surface area contributed by atoms with Gasteiger partial charge in [-0.25, -0.2) is 9.78 Å². The summed E-state index contributed by atoms with van der Waals surface area (Å²) in [6.07, 6.45) is 5.31. The molecule has 2 amide bonds. The molecule has 0 spiro atoms. The molecule has 1 fully saturated rings. The lowest BCUT2D eigenvalue weighted by Crippen LogP contribution is -2.46. The number of hydrogen-bond acceptors (Lipinski definition) is 4. The molecule has 0 aromatic carbocycles. The van der Waals surface area contributed by atoms with E-state index < -0.39 is 0 Å². The zero-order chi connectivity index (χ0) is 15.5. The average Bonchev–Trinajstić information content (AvgIpc) is 2.89. The highest BCUT2D eigenvalue weighted by Gasteiger charge is 2.27. The fraction of sp³-hybridized carbons (Fsp3) is 0.750. The van der Waals surface area contributed by atoms with Crippen molar-refractivity contribution < 1.29 is 9.53 Å². The van der Waals surface area contributed by atoms with E-state index in [1.807, 2.05) is 23.3 Å². The minimum Gasteiger partial charge on any atom is -0.381 e. The highest BCUT2D eigenvalue weighted by Crippen LogP contribution is 2.34. The van der Waals surface area contributed by atoms with Crippen molar-refractivity contribution in [2.45, 2.75) is 51.0 Å². The first kappa shape index (κ1) is 15.7. The van der Waals surface area contributed by atoms with Crippen molar-refractivity contribution in [3.8, 4) is 0 Å². The van der Waals surface area contributed by atoms with Crippen molar-refractivity contribution in [3.05, 3.63) is 15.6 Å². The molecule has 0 radical (unpaired) electrons. The molecule has 1 aromatic heterocycles. The molecule has 1 aliphatic heterocycles. The Morgan fingerprint density at radius 1 is 1.41 bits per heavy atom. The molecule has 5 nitrogen and oxygen atoms in total. The number of nitrogens with zero attached hydrogens (tertiary/aromatic N) is 2. The minimum atomic E-state index is 0.0333. The van der Waals surface area contributed by atoms with Crippen molar-refractivity contribution in [2.75, 3.05) is 26.8 Å². The topological polar surface area (TPSA) is 54.5 Å². The summed E-state index contributed by atoms with van der Waals surface area (Å²) in [5.41, 5.74) is 1.24. The fourth-order valence-corrected chi connectivity index (χ4v) is 4.41. The van der Waals surface area contributed by atoms with E-state index in [1.54, 1.807) is 0 Å². The summed E-state index contributed by atoms with van der Waals surface area (Å²) in [4.78, 5) is 20.3. The lowest BCUT2D eigenvalue weighted by molar-refractivity contribution is 0.0784. The highest BCUT2D eigenvalue weighted by atomic mass is 32.1. The molecule has 1 aromatic rings. The molecular weight excluding hydrogens is 298 g/mol. The Balaban J connectivity index is 1.57.